The maximum Gasteiger partial charge on any atom is 0.343 e. The molecule has 0 spiro atoms. The molecule has 0 radical (unpaired) electrons. The quantitative estimate of drug-likeness (QED) is 0.614. The fourth-order valence-electron chi connectivity index (χ4n) is 4.30. The van der Waals surface area contributed by atoms with Gasteiger partial charge in [-0.05, 0) is 47.0 Å². The Balaban J connectivity index is 1.40. The SMILES string of the molecule is CC1NC(=O)CN2C(=O)C(Cc3csc4ccccc34)ON(C(=O)NCc3ccncc3)C12. The van der Waals surface area contributed by atoms with Gasteiger partial charge >= 0.3 is 6.03 Å². The molecule has 5 rings (SSSR count). The minimum absolute atomic E-state index is 0.119. The molecule has 3 aromatic rings. The number of fused-ring (bicyclic) bond motifs is 2. The maximum absolute atomic E-state index is 13.3. The molecule has 2 aliphatic heterocycles. The molecule has 0 bridgehead atoms. The molecule has 3 unspecified atom stereocenters. The van der Waals surface area contributed by atoms with E-state index < -0.39 is 24.3 Å². The number of carbonyl (C=O) groups excluding carboxylic acids is 3. The largest absolute Gasteiger partial charge is 0.348 e. The van der Waals surface area contributed by atoms with Crippen LogP contribution in [0.25, 0.3) is 10.1 Å². The molecule has 1 aromatic carbocycles. The van der Waals surface area contributed by atoms with Crippen molar-refractivity contribution in [2.75, 3.05) is 6.54 Å². The van der Waals surface area contributed by atoms with Gasteiger partial charge in [0.2, 0.25) is 5.91 Å². The normalized spacial score (nSPS) is 22.8. The van der Waals surface area contributed by atoms with Crippen molar-refractivity contribution < 1.29 is 19.2 Å². The average Bonchev–Trinajstić information content (AvgIpc) is 3.23. The Hall–Kier alpha value is -3.50. The Kier molecular flexibility index (Phi) is 5.69. The van der Waals surface area contributed by atoms with Gasteiger partial charge in [-0.2, -0.15) is 5.06 Å². The number of rotatable bonds is 4. The smallest absolute Gasteiger partial charge is 0.343 e. The molecular formula is C23H23N5O4S. The summed E-state index contributed by atoms with van der Waals surface area (Å²) >= 11 is 1.60. The first-order chi connectivity index (χ1) is 16.0. The molecule has 170 valence electrons. The first-order valence-corrected chi connectivity index (χ1v) is 11.6. The van der Waals surface area contributed by atoms with Gasteiger partial charge in [-0.3, -0.25) is 19.4 Å². The molecule has 2 N–H and O–H groups in total. The molecular weight excluding hydrogens is 442 g/mol. The molecule has 10 heteroatoms. The zero-order valence-electron chi connectivity index (χ0n) is 17.9. The van der Waals surface area contributed by atoms with Crippen LogP contribution in [0.4, 0.5) is 4.79 Å². The summed E-state index contributed by atoms with van der Waals surface area (Å²) < 4.78 is 1.12. The summed E-state index contributed by atoms with van der Waals surface area (Å²) in [6, 6.07) is 10.6. The van der Waals surface area contributed by atoms with Gasteiger partial charge in [0.05, 0.1) is 6.04 Å². The number of piperazine rings is 1. The van der Waals surface area contributed by atoms with Crippen molar-refractivity contribution in [1.82, 2.24) is 25.6 Å². The predicted octanol–water partition coefficient (Wildman–Crippen LogP) is 2.04. The topological polar surface area (TPSA) is 104 Å². The number of nitrogens with one attached hydrogen (secondary N) is 2. The van der Waals surface area contributed by atoms with E-state index in [0.29, 0.717) is 6.42 Å². The van der Waals surface area contributed by atoms with Crippen LogP contribution < -0.4 is 10.6 Å². The number of thiophene rings is 1. The molecule has 33 heavy (non-hydrogen) atoms. The highest BCUT2D eigenvalue weighted by atomic mass is 32.1. The number of urea groups is 1. The Morgan fingerprint density at radius 3 is 2.85 bits per heavy atom. The van der Waals surface area contributed by atoms with Gasteiger partial charge in [0.15, 0.2) is 12.3 Å². The number of hydrogen-bond donors (Lipinski definition) is 2. The molecule has 2 saturated heterocycles. The van der Waals surface area contributed by atoms with E-state index in [1.165, 1.54) is 9.96 Å². The summed E-state index contributed by atoms with van der Waals surface area (Å²) in [5.41, 5.74) is 1.86. The first kappa shape index (κ1) is 21.4. The highest BCUT2D eigenvalue weighted by Gasteiger charge is 2.49. The summed E-state index contributed by atoms with van der Waals surface area (Å²) in [6.07, 6.45) is 1.96. The molecule has 3 atom stereocenters. The average molecular weight is 466 g/mol. The van der Waals surface area contributed by atoms with Crippen molar-refractivity contribution >= 4 is 39.3 Å². The zero-order valence-corrected chi connectivity index (χ0v) is 18.7. The second-order valence-electron chi connectivity index (χ2n) is 8.13. The van der Waals surface area contributed by atoms with E-state index in [4.69, 9.17) is 4.84 Å². The number of carbonyl (C=O) groups is 3. The molecule has 2 aliphatic rings. The predicted molar refractivity (Wildman–Crippen MR) is 122 cm³/mol. The Morgan fingerprint density at radius 2 is 2.03 bits per heavy atom. The van der Waals surface area contributed by atoms with Crippen LogP contribution in [-0.4, -0.2) is 57.6 Å². The number of aromatic nitrogens is 1. The van der Waals surface area contributed by atoms with Crippen LogP contribution in [0.5, 0.6) is 0 Å². The number of pyridine rings is 1. The highest BCUT2D eigenvalue weighted by Crippen LogP contribution is 2.30. The number of nitrogens with zero attached hydrogens (tertiary/aromatic N) is 3. The second-order valence-corrected chi connectivity index (χ2v) is 9.04. The summed E-state index contributed by atoms with van der Waals surface area (Å²) in [4.78, 5) is 50.1. The Morgan fingerprint density at radius 1 is 1.24 bits per heavy atom. The van der Waals surface area contributed by atoms with E-state index in [9.17, 15) is 14.4 Å². The van der Waals surface area contributed by atoms with Crippen molar-refractivity contribution in [2.24, 2.45) is 0 Å². The lowest BCUT2D eigenvalue weighted by atomic mass is 10.0. The van der Waals surface area contributed by atoms with E-state index in [2.05, 4.69) is 15.6 Å². The number of hydrogen-bond acceptors (Lipinski definition) is 6. The molecule has 2 aromatic heterocycles. The van der Waals surface area contributed by atoms with Crippen molar-refractivity contribution in [1.29, 1.82) is 0 Å². The van der Waals surface area contributed by atoms with Gasteiger partial charge in [0.25, 0.3) is 5.91 Å². The lowest BCUT2D eigenvalue weighted by Crippen LogP contribution is -2.73. The molecule has 0 aliphatic carbocycles. The monoisotopic (exact) mass is 465 g/mol. The fourth-order valence-corrected chi connectivity index (χ4v) is 5.27. The Bertz CT molecular complexity index is 1200. The summed E-state index contributed by atoms with van der Waals surface area (Å²) in [6.45, 7) is 1.91. The van der Waals surface area contributed by atoms with Gasteiger partial charge < -0.3 is 15.5 Å². The van der Waals surface area contributed by atoms with E-state index >= 15 is 0 Å². The summed E-state index contributed by atoms with van der Waals surface area (Å²) in [5, 5.41) is 9.91. The van der Waals surface area contributed by atoms with Gasteiger partial charge in [-0.25, -0.2) is 4.79 Å². The Labute approximate surface area is 194 Å². The third-order valence-corrected chi connectivity index (χ3v) is 6.88. The first-order valence-electron chi connectivity index (χ1n) is 10.7. The van der Waals surface area contributed by atoms with Crippen LogP contribution in [0.2, 0.25) is 0 Å². The van der Waals surface area contributed by atoms with Gasteiger partial charge in [0, 0.05) is 30.1 Å². The van der Waals surface area contributed by atoms with E-state index in [1.54, 1.807) is 42.8 Å². The lowest BCUT2D eigenvalue weighted by molar-refractivity contribution is -0.253. The van der Waals surface area contributed by atoms with E-state index in [-0.39, 0.29) is 24.9 Å². The van der Waals surface area contributed by atoms with Crippen LogP contribution in [0, 0.1) is 0 Å². The minimum Gasteiger partial charge on any atom is -0.348 e. The van der Waals surface area contributed by atoms with Gasteiger partial charge in [0.1, 0.15) is 6.54 Å². The van der Waals surface area contributed by atoms with Crippen molar-refractivity contribution in [2.45, 2.75) is 38.2 Å². The molecule has 9 nitrogen and oxygen atoms in total. The van der Waals surface area contributed by atoms with Gasteiger partial charge in [-0.15, -0.1) is 11.3 Å². The van der Waals surface area contributed by atoms with Crippen LogP contribution in [0.15, 0.2) is 54.2 Å². The summed E-state index contributed by atoms with van der Waals surface area (Å²) in [5.74, 6) is -0.555. The summed E-state index contributed by atoms with van der Waals surface area (Å²) in [7, 11) is 0. The van der Waals surface area contributed by atoms with Crippen LogP contribution in [-0.2, 0) is 27.4 Å². The molecule has 4 amide bonds. The van der Waals surface area contributed by atoms with Crippen LogP contribution in [0.1, 0.15) is 18.1 Å². The third-order valence-electron chi connectivity index (χ3n) is 5.87. The zero-order chi connectivity index (χ0) is 22.9. The third kappa shape index (κ3) is 4.14. The van der Waals surface area contributed by atoms with Crippen molar-refractivity contribution in [3.05, 3.63) is 65.3 Å². The number of amides is 4. The van der Waals surface area contributed by atoms with Crippen LogP contribution >= 0.6 is 11.3 Å². The highest BCUT2D eigenvalue weighted by molar-refractivity contribution is 7.17. The fraction of sp³-hybridized carbons (Fsp3) is 0.304. The van der Waals surface area contributed by atoms with E-state index in [0.717, 1.165) is 21.2 Å². The minimum atomic E-state index is -0.913. The standard InChI is InChI=1S/C23H23N5O4S/c1-14-21-27(12-20(29)26-14)22(30)18(10-16-13-33-19-5-3-2-4-17(16)19)32-28(21)23(31)25-11-15-6-8-24-9-7-15/h2-9,13-14,18,21H,10-12H2,1H3,(H,25,31)(H,26,29). The van der Waals surface area contributed by atoms with E-state index in [1.807, 2.05) is 29.6 Å². The van der Waals surface area contributed by atoms with Crippen molar-refractivity contribution in [3.8, 4) is 0 Å². The molecule has 2 fully saturated rings. The lowest BCUT2D eigenvalue weighted by Gasteiger charge is -2.49. The van der Waals surface area contributed by atoms with Gasteiger partial charge in [-0.1, -0.05) is 18.2 Å². The number of benzene rings is 1. The second kappa shape index (κ2) is 8.80. The molecule has 0 saturated carbocycles. The maximum atomic E-state index is 13.3. The number of hydroxylamine groups is 2. The van der Waals surface area contributed by atoms with Crippen molar-refractivity contribution in [3.63, 3.8) is 0 Å². The van der Waals surface area contributed by atoms with Crippen LogP contribution in [0.3, 0.4) is 0 Å². The molecule has 4 heterocycles.